The van der Waals surface area contributed by atoms with Crippen molar-refractivity contribution < 1.29 is 19.1 Å². The summed E-state index contributed by atoms with van der Waals surface area (Å²) in [6.07, 6.45) is 0. The topological polar surface area (TPSA) is 73.1 Å². The normalized spacial score (nSPS) is 11.5. The Morgan fingerprint density at radius 1 is 1.07 bits per heavy atom. The van der Waals surface area contributed by atoms with Gasteiger partial charge in [-0.05, 0) is 50.2 Å². The molecule has 1 aromatic heterocycles. The van der Waals surface area contributed by atoms with E-state index in [0.717, 1.165) is 23.5 Å². The third kappa shape index (κ3) is 4.38. The highest BCUT2D eigenvalue weighted by atomic mass is 32.1. The van der Waals surface area contributed by atoms with Crippen LogP contribution in [0.2, 0.25) is 0 Å². The van der Waals surface area contributed by atoms with E-state index in [1.807, 2.05) is 24.3 Å². The summed E-state index contributed by atoms with van der Waals surface area (Å²) in [4.78, 5) is 31.7. The molecule has 0 bridgehead atoms. The Kier molecular flexibility index (Phi) is 6.89. The lowest BCUT2D eigenvalue weighted by molar-refractivity contribution is -0.141. The van der Waals surface area contributed by atoms with Gasteiger partial charge in [-0.1, -0.05) is 17.4 Å². The van der Waals surface area contributed by atoms with Crippen LogP contribution in [-0.4, -0.2) is 43.8 Å². The van der Waals surface area contributed by atoms with Gasteiger partial charge < -0.3 is 18.9 Å². The first kappa shape index (κ1) is 21.6. The third-order valence-corrected chi connectivity index (χ3v) is 5.88. The molecule has 0 N–H and O–H groups in total. The molecule has 1 amide bonds. The fraction of sp³-hybridized carbons (Fsp3) is 0.318. The molecule has 3 rings (SSSR count). The van der Waals surface area contributed by atoms with E-state index >= 15 is 0 Å². The molecule has 3 aromatic rings. The Labute approximate surface area is 179 Å². The van der Waals surface area contributed by atoms with E-state index in [2.05, 4.69) is 23.7 Å². The van der Waals surface area contributed by atoms with Crippen LogP contribution < -0.4 is 14.4 Å². The monoisotopic (exact) mass is 427 g/mol. The molecule has 2 aromatic carbocycles. The fourth-order valence-corrected chi connectivity index (χ4v) is 4.29. The van der Waals surface area contributed by atoms with Gasteiger partial charge in [0.05, 0.1) is 18.9 Å². The van der Waals surface area contributed by atoms with Gasteiger partial charge in [-0.25, -0.2) is 0 Å². The van der Waals surface area contributed by atoms with Crippen molar-refractivity contribution >= 4 is 39.1 Å². The maximum atomic E-state index is 12.8. The van der Waals surface area contributed by atoms with Crippen molar-refractivity contribution in [1.29, 1.82) is 0 Å². The zero-order valence-electron chi connectivity index (χ0n) is 17.5. The number of hydrogen-bond acceptors (Lipinski definition) is 6. The first-order valence-electron chi connectivity index (χ1n) is 9.69. The van der Waals surface area contributed by atoms with E-state index in [1.54, 1.807) is 29.9 Å². The number of nitrogens with zero attached hydrogens (tertiary/aromatic N) is 3. The van der Waals surface area contributed by atoms with Gasteiger partial charge in [0.25, 0.3) is 5.91 Å². The zero-order chi connectivity index (χ0) is 21.7. The average Bonchev–Trinajstić information content (AvgIpc) is 3.11. The minimum Gasteiger partial charge on any atom is -0.495 e. The highest BCUT2D eigenvalue weighted by Crippen LogP contribution is 2.27. The maximum Gasteiger partial charge on any atom is 0.325 e. The van der Waals surface area contributed by atoms with Crippen molar-refractivity contribution in [1.82, 2.24) is 4.57 Å². The van der Waals surface area contributed by atoms with E-state index in [4.69, 9.17) is 9.47 Å². The Morgan fingerprint density at radius 3 is 2.37 bits per heavy atom. The molecule has 7 nitrogen and oxygen atoms in total. The van der Waals surface area contributed by atoms with E-state index < -0.39 is 5.97 Å². The number of fused-ring (bicyclic) bond motifs is 1. The molecule has 0 fully saturated rings. The Hall–Kier alpha value is -3.13. The van der Waals surface area contributed by atoms with Gasteiger partial charge >= 0.3 is 5.97 Å². The number of para-hydroxylation sites is 1. The van der Waals surface area contributed by atoms with Crippen LogP contribution in [0.25, 0.3) is 10.2 Å². The van der Waals surface area contributed by atoms with Crippen molar-refractivity contribution in [2.24, 2.45) is 4.99 Å². The van der Waals surface area contributed by atoms with Gasteiger partial charge in [-0.3, -0.25) is 9.59 Å². The van der Waals surface area contributed by atoms with Gasteiger partial charge in [0, 0.05) is 24.3 Å². The molecule has 0 unspecified atom stereocenters. The molecular weight excluding hydrogens is 402 g/mol. The minimum atomic E-state index is -0.432. The van der Waals surface area contributed by atoms with Gasteiger partial charge in [-0.2, -0.15) is 4.99 Å². The number of benzene rings is 2. The molecular formula is C22H25N3O4S. The number of hydrogen-bond donors (Lipinski definition) is 0. The van der Waals surface area contributed by atoms with Crippen LogP contribution >= 0.6 is 11.3 Å². The number of rotatable bonds is 7. The third-order valence-electron chi connectivity index (χ3n) is 4.84. The van der Waals surface area contributed by atoms with Crippen molar-refractivity contribution in [3.63, 3.8) is 0 Å². The molecule has 0 aliphatic heterocycles. The number of carbonyl (C=O) groups excluding carboxylic acids is 2. The standard InChI is InChI=1S/C22H25N3O4S/c1-5-24(6-2)16-12-10-15(11-13-16)21(27)23-22-25(14-19(26)29-4)20-17(28-3)8-7-9-18(20)30-22/h7-13H,5-6,14H2,1-4H3. The predicted octanol–water partition coefficient (Wildman–Crippen LogP) is 3.47. The van der Waals surface area contributed by atoms with Crippen LogP contribution in [0, 0.1) is 0 Å². The summed E-state index contributed by atoms with van der Waals surface area (Å²) < 4.78 is 12.8. The number of carbonyl (C=O) groups is 2. The summed E-state index contributed by atoms with van der Waals surface area (Å²) in [7, 11) is 2.89. The molecule has 30 heavy (non-hydrogen) atoms. The lowest BCUT2D eigenvalue weighted by Gasteiger charge is -2.20. The number of ether oxygens (including phenoxy) is 2. The van der Waals surface area contributed by atoms with Gasteiger partial charge in [0.1, 0.15) is 17.8 Å². The second-order valence-electron chi connectivity index (χ2n) is 6.49. The molecule has 0 aliphatic carbocycles. The fourth-order valence-electron chi connectivity index (χ4n) is 3.24. The maximum absolute atomic E-state index is 12.8. The summed E-state index contributed by atoms with van der Waals surface area (Å²) in [6, 6.07) is 13.0. The van der Waals surface area contributed by atoms with Gasteiger partial charge in [0.2, 0.25) is 0 Å². The van der Waals surface area contributed by atoms with E-state index in [9.17, 15) is 9.59 Å². The smallest absolute Gasteiger partial charge is 0.325 e. The lowest BCUT2D eigenvalue weighted by Crippen LogP contribution is -2.23. The van der Waals surface area contributed by atoms with Crippen LogP contribution in [-0.2, 0) is 16.1 Å². The Bertz CT molecular complexity index is 1110. The zero-order valence-corrected chi connectivity index (χ0v) is 18.4. The number of thiazole rings is 1. The first-order valence-corrected chi connectivity index (χ1v) is 10.5. The van der Waals surface area contributed by atoms with Gasteiger partial charge in [0.15, 0.2) is 4.80 Å². The quantitative estimate of drug-likeness (QED) is 0.540. The number of aromatic nitrogens is 1. The second-order valence-corrected chi connectivity index (χ2v) is 7.50. The van der Waals surface area contributed by atoms with Crippen molar-refractivity contribution in [3.8, 4) is 5.75 Å². The summed E-state index contributed by atoms with van der Waals surface area (Å²) in [5, 5.41) is 0. The highest BCUT2D eigenvalue weighted by molar-refractivity contribution is 7.16. The highest BCUT2D eigenvalue weighted by Gasteiger charge is 2.16. The first-order chi connectivity index (χ1) is 14.5. The number of amides is 1. The number of anilines is 1. The molecule has 158 valence electrons. The molecule has 0 radical (unpaired) electrons. The largest absolute Gasteiger partial charge is 0.495 e. The van der Waals surface area contributed by atoms with Gasteiger partial charge in [-0.15, -0.1) is 0 Å². The van der Waals surface area contributed by atoms with Crippen molar-refractivity contribution in [2.45, 2.75) is 20.4 Å². The molecule has 1 heterocycles. The van der Waals surface area contributed by atoms with Crippen LogP contribution in [0.3, 0.4) is 0 Å². The Balaban J connectivity index is 2.05. The predicted molar refractivity (Wildman–Crippen MR) is 118 cm³/mol. The lowest BCUT2D eigenvalue weighted by atomic mass is 10.2. The number of esters is 1. The molecule has 0 saturated heterocycles. The SMILES string of the molecule is CCN(CC)c1ccc(C(=O)N=c2sc3cccc(OC)c3n2CC(=O)OC)cc1. The van der Waals surface area contributed by atoms with E-state index in [-0.39, 0.29) is 12.5 Å². The average molecular weight is 428 g/mol. The second kappa shape index (κ2) is 9.58. The molecule has 0 spiro atoms. The van der Waals surface area contributed by atoms with E-state index in [1.165, 1.54) is 18.4 Å². The Morgan fingerprint density at radius 2 is 1.77 bits per heavy atom. The van der Waals surface area contributed by atoms with Crippen molar-refractivity contribution in [2.75, 3.05) is 32.2 Å². The molecule has 0 saturated carbocycles. The summed E-state index contributed by atoms with van der Waals surface area (Å²) in [6.45, 7) is 5.90. The molecule has 0 atom stereocenters. The molecule has 0 aliphatic rings. The van der Waals surface area contributed by atoms with Crippen molar-refractivity contribution in [3.05, 3.63) is 52.8 Å². The minimum absolute atomic E-state index is 0.0656. The van der Waals surface area contributed by atoms with Crippen LogP contribution in [0.1, 0.15) is 24.2 Å². The summed E-state index contributed by atoms with van der Waals surface area (Å²) in [5.74, 6) is -0.201. The van der Waals surface area contributed by atoms with Crippen LogP contribution in [0.15, 0.2) is 47.5 Å². The van der Waals surface area contributed by atoms with E-state index in [0.29, 0.717) is 21.6 Å². The molecule has 8 heteroatoms. The number of methoxy groups -OCH3 is 2. The summed E-state index contributed by atoms with van der Waals surface area (Å²) in [5.41, 5.74) is 2.25. The van der Waals surface area contributed by atoms with Crippen LogP contribution in [0.5, 0.6) is 5.75 Å². The van der Waals surface area contributed by atoms with Crippen LogP contribution in [0.4, 0.5) is 5.69 Å². The summed E-state index contributed by atoms with van der Waals surface area (Å²) >= 11 is 1.32.